The highest BCUT2D eigenvalue weighted by molar-refractivity contribution is 6.04. The number of Topliss-reactive ketones (excluding diaryl/α,β-unsaturated/α-hetero) is 1. The highest BCUT2D eigenvalue weighted by Gasteiger charge is 2.70. The van der Waals surface area contributed by atoms with E-state index in [0.29, 0.717) is 0 Å². The molecule has 6 heteroatoms. The fourth-order valence-corrected chi connectivity index (χ4v) is 10.1. The SMILES string of the molecule is CC1(C)CC[C@@]2(NC(N)=O)CC[C@]3(C)[C@H](C(=O)C=C4[C@]5(C)C=C(C#N)C(=O)C(C)(C)[C@@H]5CC[C@@]43C)[C@H]2C1. The molecule has 37 heavy (non-hydrogen) atoms. The van der Waals surface area contributed by atoms with Gasteiger partial charge in [-0.05, 0) is 79.1 Å². The molecular formula is C31H43N3O3. The summed E-state index contributed by atoms with van der Waals surface area (Å²) >= 11 is 0. The molecule has 5 aliphatic carbocycles. The number of ketones is 2. The molecule has 3 fully saturated rings. The minimum absolute atomic E-state index is 0.0183. The van der Waals surface area contributed by atoms with E-state index >= 15 is 0 Å². The van der Waals surface area contributed by atoms with Crippen LogP contribution in [-0.4, -0.2) is 23.1 Å². The summed E-state index contributed by atoms with van der Waals surface area (Å²) in [6.45, 7) is 15.2. The standard InChI is InChI=1S/C31H43N3O3/c1-26(2)10-12-31(34-25(33)37)13-11-30(7)23(19(31)16-26)20(35)14-22-28(5)15-18(17-32)24(36)27(3,4)21(28)8-9-29(22,30)6/h14-15,19,21,23H,8-13,16H2,1-7H3,(H3,33,34,37)/t19-,21+,23+,28-,29+,30-,31-/m1/s1. The second-order valence-electron chi connectivity index (χ2n) is 14.9. The fourth-order valence-electron chi connectivity index (χ4n) is 10.1. The van der Waals surface area contributed by atoms with Crippen LogP contribution in [0.25, 0.3) is 0 Å². The maximum absolute atomic E-state index is 14.3. The molecule has 3 N–H and O–H groups in total. The molecule has 3 saturated carbocycles. The summed E-state index contributed by atoms with van der Waals surface area (Å²) in [5, 5.41) is 13.0. The summed E-state index contributed by atoms with van der Waals surface area (Å²) in [6.07, 6.45) is 9.89. The number of nitrogens with one attached hydrogen (secondary N) is 1. The van der Waals surface area contributed by atoms with Crippen molar-refractivity contribution < 1.29 is 14.4 Å². The second-order valence-corrected chi connectivity index (χ2v) is 14.9. The maximum atomic E-state index is 14.3. The molecule has 0 heterocycles. The first kappa shape index (κ1) is 26.2. The first-order chi connectivity index (χ1) is 17.0. The largest absolute Gasteiger partial charge is 0.352 e. The monoisotopic (exact) mass is 505 g/mol. The third-order valence-corrected chi connectivity index (χ3v) is 12.2. The Morgan fingerprint density at radius 3 is 2.30 bits per heavy atom. The summed E-state index contributed by atoms with van der Waals surface area (Å²) in [5.74, 6) is -0.109. The first-order valence-electron chi connectivity index (χ1n) is 14.0. The number of nitriles is 1. The van der Waals surface area contributed by atoms with Crippen LogP contribution in [0.3, 0.4) is 0 Å². The van der Waals surface area contributed by atoms with Crippen LogP contribution in [0.5, 0.6) is 0 Å². The zero-order valence-electron chi connectivity index (χ0n) is 23.6. The van der Waals surface area contributed by atoms with Gasteiger partial charge in [-0.2, -0.15) is 5.26 Å². The molecule has 0 saturated heterocycles. The first-order valence-corrected chi connectivity index (χ1v) is 14.0. The number of primary amides is 1. The van der Waals surface area contributed by atoms with Crippen molar-refractivity contribution in [1.82, 2.24) is 5.32 Å². The molecule has 6 nitrogen and oxygen atoms in total. The smallest absolute Gasteiger partial charge is 0.312 e. The van der Waals surface area contributed by atoms with Crippen molar-refractivity contribution >= 4 is 17.6 Å². The fraction of sp³-hybridized carbons (Fsp3) is 0.742. The number of carbonyl (C=O) groups is 3. The molecule has 5 rings (SSSR count). The van der Waals surface area contributed by atoms with Gasteiger partial charge in [0.1, 0.15) is 6.07 Å². The van der Waals surface area contributed by atoms with Gasteiger partial charge >= 0.3 is 6.03 Å². The molecule has 0 aromatic rings. The number of hydrogen-bond donors (Lipinski definition) is 2. The van der Waals surface area contributed by atoms with Crippen molar-refractivity contribution in [3.8, 4) is 6.07 Å². The third kappa shape index (κ3) is 3.25. The van der Waals surface area contributed by atoms with Gasteiger partial charge in [0, 0.05) is 22.3 Å². The highest BCUT2D eigenvalue weighted by atomic mass is 16.2. The Hall–Kier alpha value is -2.42. The molecular weight excluding hydrogens is 462 g/mol. The molecule has 5 aliphatic rings. The van der Waals surface area contributed by atoms with E-state index in [9.17, 15) is 19.6 Å². The van der Waals surface area contributed by atoms with Gasteiger partial charge in [-0.1, -0.05) is 60.1 Å². The predicted octanol–water partition coefficient (Wildman–Crippen LogP) is 5.63. The topological polar surface area (TPSA) is 113 Å². The maximum Gasteiger partial charge on any atom is 0.312 e. The van der Waals surface area contributed by atoms with Crippen LogP contribution in [-0.2, 0) is 9.59 Å². The number of amides is 2. The van der Waals surface area contributed by atoms with Gasteiger partial charge in [0.15, 0.2) is 11.6 Å². The van der Waals surface area contributed by atoms with Crippen LogP contribution in [0.1, 0.15) is 93.4 Å². The van der Waals surface area contributed by atoms with E-state index in [1.54, 1.807) is 0 Å². The summed E-state index contributed by atoms with van der Waals surface area (Å²) in [6, 6.07) is 1.67. The van der Waals surface area contributed by atoms with Crippen molar-refractivity contribution in [2.24, 2.45) is 50.6 Å². The quantitative estimate of drug-likeness (QED) is 0.481. The van der Waals surface area contributed by atoms with E-state index in [2.05, 4.69) is 46.0 Å². The average Bonchev–Trinajstić information content (AvgIpc) is 2.78. The van der Waals surface area contributed by atoms with Crippen molar-refractivity contribution in [3.63, 3.8) is 0 Å². The number of carbonyl (C=O) groups excluding carboxylic acids is 3. The van der Waals surface area contributed by atoms with Gasteiger partial charge in [0.05, 0.1) is 5.57 Å². The number of hydrogen-bond acceptors (Lipinski definition) is 4. The molecule has 2 amide bonds. The number of allylic oxidation sites excluding steroid dienone is 4. The summed E-state index contributed by atoms with van der Waals surface area (Å²) in [5.41, 5.74) is 4.90. The lowest BCUT2D eigenvalue weighted by Gasteiger charge is -2.69. The molecule has 0 radical (unpaired) electrons. The zero-order chi connectivity index (χ0) is 27.4. The average molecular weight is 506 g/mol. The van der Waals surface area contributed by atoms with Crippen molar-refractivity contribution in [1.29, 1.82) is 5.26 Å². The summed E-state index contributed by atoms with van der Waals surface area (Å²) in [4.78, 5) is 39.7. The van der Waals surface area contributed by atoms with Crippen LogP contribution >= 0.6 is 0 Å². The van der Waals surface area contributed by atoms with E-state index in [0.717, 1.165) is 50.5 Å². The summed E-state index contributed by atoms with van der Waals surface area (Å²) < 4.78 is 0. The third-order valence-electron chi connectivity index (χ3n) is 12.2. The van der Waals surface area contributed by atoms with Gasteiger partial charge in [-0.3, -0.25) is 9.59 Å². The van der Waals surface area contributed by atoms with Crippen molar-refractivity contribution in [2.75, 3.05) is 0 Å². The molecule has 0 spiro atoms. The van der Waals surface area contributed by atoms with Gasteiger partial charge in [0.2, 0.25) is 0 Å². The molecule has 0 aliphatic heterocycles. The predicted molar refractivity (Wildman–Crippen MR) is 142 cm³/mol. The lowest BCUT2D eigenvalue weighted by atomic mass is 9.35. The Kier molecular flexibility index (Phi) is 5.37. The Labute approximate surface area is 221 Å². The Morgan fingerprint density at radius 2 is 1.68 bits per heavy atom. The van der Waals surface area contributed by atoms with E-state index in [4.69, 9.17) is 5.73 Å². The molecule has 0 bridgehead atoms. The Bertz CT molecular complexity index is 1200. The van der Waals surface area contributed by atoms with Gasteiger partial charge in [-0.15, -0.1) is 0 Å². The Morgan fingerprint density at radius 1 is 1.03 bits per heavy atom. The number of urea groups is 1. The van der Waals surface area contributed by atoms with Gasteiger partial charge in [0.25, 0.3) is 0 Å². The number of nitrogens with zero attached hydrogens (tertiary/aromatic N) is 1. The van der Waals surface area contributed by atoms with Crippen LogP contribution < -0.4 is 11.1 Å². The van der Waals surface area contributed by atoms with Crippen molar-refractivity contribution in [3.05, 3.63) is 23.3 Å². The molecule has 200 valence electrons. The lowest BCUT2D eigenvalue weighted by Crippen LogP contribution is -2.70. The van der Waals surface area contributed by atoms with Crippen LogP contribution in [0.2, 0.25) is 0 Å². The molecule has 7 atom stereocenters. The molecule has 0 aromatic heterocycles. The summed E-state index contributed by atoms with van der Waals surface area (Å²) in [7, 11) is 0. The van der Waals surface area contributed by atoms with E-state index in [1.807, 2.05) is 26.0 Å². The van der Waals surface area contributed by atoms with Crippen LogP contribution in [0, 0.1) is 56.2 Å². The van der Waals surface area contributed by atoms with E-state index < -0.39 is 22.4 Å². The van der Waals surface area contributed by atoms with Gasteiger partial charge < -0.3 is 11.1 Å². The number of fused-ring (bicyclic) bond motifs is 7. The van der Waals surface area contributed by atoms with Crippen molar-refractivity contribution in [2.45, 2.75) is 99.0 Å². The number of rotatable bonds is 1. The number of nitrogens with two attached hydrogens (primary N) is 1. The van der Waals surface area contributed by atoms with Gasteiger partial charge in [-0.25, -0.2) is 4.79 Å². The van der Waals surface area contributed by atoms with Crippen LogP contribution in [0.4, 0.5) is 4.79 Å². The lowest BCUT2D eigenvalue weighted by molar-refractivity contribution is -0.160. The normalized spacial score (nSPS) is 45.6. The Balaban J connectivity index is 1.69. The second kappa shape index (κ2) is 7.58. The van der Waals surface area contributed by atoms with E-state index in [-0.39, 0.29) is 51.1 Å². The molecule has 0 aromatic carbocycles. The zero-order valence-corrected chi connectivity index (χ0v) is 23.6. The minimum Gasteiger partial charge on any atom is -0.352 e. The minimum atomic E-state index is -0.669. The van der Waals surface area contributed by atoms with E-state index in [1.165, 1.54) is 0 Å². The van der Waals surface area contributed by atoms with Crippen LogP contribution in [0.15, 0.2) is 23.3 Å². The molecule has 0 unspecified atom stereocenters. The highest BCUT2D eigenvalue weighted by Crippen LogP contribution is 2.73.